The van der Waals surface area contributed by atoms with Crippen molar-refractivity contribution in [3.63, 3.8) is 0 Å². The fraction of sp³-hybridized carbons (Fsp3) is 0.417. The minimum atomic E-state index is -0.546. The molecule has 4 heterocycles. The van der Waals surface area contributed by atoms with Crippen LogP contribution in [0, 0.1) is 0 Å². The third kappa shape index (κ3) is 4.84. The second-order valence-electron chi connectivity index (χ2n) is 8.45. The molecule has 0 aliphatic carbocycles. The zero-order valence-electron chi connectivity index (χ0n) is 18.4. The van der Waals surface area contributed by atoms with E-state index in [-0.39, 0.29) is 11.8 Å². The minimum absolute atomic E-state index is 0.00821. The lowest BCUT2D eigenvalue weighted by atomic mass is 9.99. The van der Waals surface area contributed by atoms with Gasteiger partial charge < -0.3 is 14.3 Å². The van der Waals surface area contributed by atoms with E-state index in [1.165, 1.54) is 0 Å². The van der Waals surface area contributed by atoms with Gasteiger partial charge in [0.1, 0.15) is 6.04 Å². The van der Waals surface area contributed by atoms with E-state index in [1.807, 2.05) is 52.7 Å². The number of nitrogens with zero attached hydrogens (tertiary/aromatic N) is 5. The van der Waals surface area contributed by atoms with E-state index in [1.54, 1.807) is 16.2 Å². The summed E-state index contributed by atoms with van der Waals surface area (Å²) in [6, 6.07) is 13.1. The van der Waals surface area contributed by atoms with Crippen molar-refractivity contribution in [2.24, 2.45) is 0 Å². The highest BCUT2D eigenvalue weighted by Gasteiger charge is 2.36. The van der Waals surface area contributed by atoms with Gasteiger partial charge in [0.2, 0.25) is 23.5 Å². The molecule has 2 amide bonds. The summed E-state index contributed by atoms with van der Waals surface area (Å²) in [4.78, 5) is 37.7. The number of hydrogen-bond donors (Lipinski definition) is 0. The van der Waals surface area contributed by atoms with Crippen LogP contribution >= 0.6 is 11.3 Å². The molecule has 5 rings (SSSR count). The Morgan fingerprint density at radius 3 is 2.58 bits per heavy atom. The molecule has 0 N–H and O–H groups in total. The third-order valence-electron chi connectivity index (χ3n) is 6.27. The number of aromatic nitrogens is 2. The summed E-state index contributed by atoms with van der Waals surface area (Å²) in [5.74, 6) is 1.28. The Labute approximate surface area is 196 Å². The summed E-state index contributed by atoms with van der Waals surface area (Å²) < 4.78 is 5.43. The van der Waals surface area contributed by atoms with Crippen molar-refractivity contribution in [3.8, 4) is 10.7 Å². The molecule has 1 aromatic carbocycles. The van der Waals surface area contributed by atoms with Crippen LogP contribution in [0.2, 0.25) is 0 Å². The molecule has 0 saturated carbocycles. The van der Waals surface area contributed by atoms with Crippen LogP contribution < -0.4 is 0 Å². The number of piperidine rings is 1. The normalized spacial score (nSPS) is 18.5. The molecule has 0 spiro atoms. The summed E-state index contributed by atoms with van der Waals surface area (Å²) in [5.41, 5.74) is 0.882. The topological polar surface area (TPSA) is 82.8 Å². The SMILES string of the molecule is O=C(C(c1ccccc1)N1CCCCC1=O)N1CCN(Cc2nc(-c3cccs3)no2)CC1. The van der Waals surface area contributed by atoms with Crippen molar-refractivity contribution in [2.75, 3.05) is 32.7 Å². The second-order valence-corrected chi connectivity index (χ2v) is 9.40. The Kier molecular flexibility index (Phi) is 6.50. The molecule has 2 aromatic heterocycles. The molecule has 2 fully saturated rings. The largest absolute Gasteiger partial charge is 0.338 e. The Bertz CT molecular complexity index is 1080. The molecule has 2 saturated heterocycles. The summed E-state index contributed by atoms with van der Waals surface area (Å²) in [6.07, 6.45) is 2.35. The van der Waals surface area contributed by atoms with Gasteiger partial charge >= 0.3 is 0 Å². The number of piperazine rings is 1. The quantitative estimate of drug-likeness (QED) is 0.556. The van der Waals surface area contributed by atoms with Crippen LogP contribution in [0.1, 0.15) is 36.8 Å². The molecule has 33 heavy (non-hydrogen) atoms. The number of carbonyl (C=O) groups excluding carboxylic acids is 2. The van der Waals surface area contributed by atoms with Crippen LogP contribution in [0.25, 0.3) is 10.7 Å². The van der Waals surface area contributed by atoms with Gasteiger partial charge in [-0.2, -0.15) is 4.98 Å². The first kappa shape index (κ1) is 21.8. The van der Waals surface area contributed by atoms with Crippen LogP contribution in [-0.4, -0.2) is 69.4 Å². The average Bonchev–Trinajstić information content (AvgIpc) is 3.54. The van der Waals surface area contributed by atoms with Crippen LogP contribution in [0.3, 0.4) is 0 Å². The van der Waals surface area contributed by atoms with Gasteiger partial charge in [-0.3, -0.25) is 14.5 Å². The highest BCUT2D eigenvalue weighted by molar-refractivity contribution is 7.13. The van der Waals surface area contributed by atoms with E-state index in [0.717, 1.165) is 36.4 Å². The Balaban J connectivity index is 1.23. The minimum Gasteiger partial charge on any atom is -0.338 e. The highest BCUT2D eigenvalue weighted by atomic mass is 32.1. The molecular formula is C24H27N5O3S. The van der Waals surface area contributed by atoms with Gasteiger partial charge in [0, 0.05) is 39.1 Å². The zero-order chi connectivity index (χ0) is 22.6. The van der Waals surface area contributed by atoms with E-state index in [2.05, 4.69) is 15.0 Å². The average molecular weight is 466 g/mol. The molecular weight excluding hydrogens is 438 g/mol. The predicted octanol–water partition coefficient (Wildman–Crippen LogP) is 3.20. The maximum atomic E-state index is 13.6. The number of amides is 2. The monoisotopic (exact) mass is 465 g/mol. The van der Waals surface area contributed by atoms with E-state index in [0.29, 0.717) is 44.3 Å². The van der Waals surface area contributed by atoms with Crippen molar-refractivity contribution in [2.45, 2.75) is 31.8 Å². The molecule has 0 radical (unpaired) electrons. The number of thiophene rings is 1. The molecule has 3 aromatic rings. The van der Waals surface area contributed by atoms with Gasteiger partial charge in [-0.1, -0.05) is 41.6 Å². The van der Waals surface area contributed by atoms with E-state index in [9.17, 15) is 9.59 Å². The molecule has 1 atom stereocenters. The fourth-order valence-corrected chi connectivity index (χ4v) is 5.16. The lowest BCUT2D eigenvalue weighted by Crippen LogP contribution is -2.53. The Morgan fingerprint density at radius 2 is 1.85 bits per heavy atom. The van der Waals surface area contributed by atoms with Crippen LogP contribution in [-0.2, 0) is 16.1 Å². The second kappa shape index (κ2) is 9.84. The maximum Gasteiger partial charge on any atom is 0.250 e. The molecule has 9 heteroatoms. The number of rotatable bonds is 6. The van der Waals surface area contributed by atoms with Crippen molar-refractivity contribution >= 4 is 23.2 Å². The molecule has 2 aliphatic heterocycles. The van der Waals surface area contributed by atoms with E-state index in [4.69, 9.17) is 4.52 Å². The van der Waals surface area contributed by atoms with Gasteiger partial charge in [0.25, 0.3) is 0 Å². The molecule has 172 valence electrons. The van der Waals surface area contributed by atoms with Gasteiger partial charge in [-0.05, 0) is 29.9 Å². The number of carbonyl (C=O) groups is 2. The summed E-state index contributed by atoms with van der Waals surface area (Å²) in [7, 11) is 0. The lowest BCUT2D eigenvalue weighted by molar-refractivity contribution is -0.149. The third-order valence-corrected chi connectivity index (χ3v) is 7.14. The van der Waals surface area contributed by atoms with Crippen molar-refractivity contribution in [1.29, 1.82) is 0 Å². The summed E-state index contributed by atoms with van der Waals surface area (Å²) in [5, 5.41) is 6.07. The number of benzene rings is 1. The fourth-order valence-electron chi connectivity index (χ4n) is 4.51. The number of likely N-dealkylation sites (tertiary alicyclic amines) is 1. The Morgan fingerprint density at radius 1 is 1.03 bits per heavy atom. The maximum absolute atomic E-state index is 13.6. The van der Waals surface area contributed by atoms with Crippen molar-refractivity contribution in [3.05, 3.63) is 59.3 Å². The predicted molar refractivity (Wildman–Crippen MR) is 124 cm³/mol. The summed E-state index contributed by atoms with van der Waals surface area (Å²) in [6.45, 7) is 3.85. The van der Waals surface area contributed by atoms with Gasteiger partial charge in [-0.15, -0.1) is 11.3 Å². The smallest absolute Gasteiger partial charge is 0.250 e. The van der Waals surface area contributed by atoms with Crippen LogP contribution in [0.5, 0.6) is 0 Å². The molecule has 2 aliphatic rings. The first-order valence-corrected chi connectivity index (χ1v) is 12.3. The van der Waals surface area contributed by atoms with E-state index >= 15 is 0 Å². The number of hydrogen-bond acceptors (Lipinski definition) is 7. The van der Waals surface area contributed by atoms with Gasteiger partial charge in [0.05, 0.1) is 11.4 Å². The molecule has 8 nitrogen and oxygen atoms in total. The highest BCUT2D eigenvalue weighted by Crippen LogP contribution is 2.28. The molecule has 0 bridgehead atoms. The van der Waals surface area contributed by atoms with Crippen LogP contribution in [0.15, 0.2) is 52.4 Å². The zero-order valence-corrected chi connectivity index (χ0v) is 19.2. The lowest BCUT2D eigenvalue weighted by Gasteiger charge is -2.40. The Hall–Kier alpha value is -3.04. The van der Waals surface area contributed by atoms with Crippen molar-refractivity contribution in [1.82, 2.24) is 24.8 Å². The van der Waals surface area contributed by atoms with Crippen LogP contribution in [0.4, 0.5) is 0 Å². The summed E-state index contributed by atoms with van der Waals surface area (Å²) >= 11 is 1.58. The van der Waals surface area contributed by atoms with Crippen molar-refractivity contribution < 1.29 is 14.1 Å². The first-order valence-electron chi connectivity index (χ1n) is 11.4. The standard InChI is InChI=1S/C24H27N5O3S/c30-21-10-4-5-11-29(21)22(18-7-2-1-3-8-18)24(31)28-14-12-27(13-15-28)17-20-25-23(26-32-20)19-9-6-16-33-19/h1-3,6-9,16,22H,4-5,10-15,17H2. The van der Waals surface area contributed by atoms with Gasteiger partial charge in [-0.25, -0.2) is 0 Å². The molecule has 1 unspecified atom stereocenters. The van der Waals surface area contributed by atoms with Gasteiger partial charge in [0.15, 0.2) is 0 Å². The first-order chi connectivity index (χ1) is 16.2. The van der Waals surface area contributed by atoms with E-state index < -0.39 is 6.04 Å².